The largest absolute Gasteiger partial charge is 0.475 e. The third-order valence-corrected chi connectivity index (χ3v) is 6.64. The number of nitrogens with zero attached hydrogens (tertiary/aromatic N) is 5. The number of halogens is 4. The first kappa shape index (κ1) is 25.0. The van der Waals surface area contributed by atoms with Gasteiger partial charge in [-0.25, -0.2) is 9.37 Å². The summed E-state index contributed by atoms with van der Waals surface area (Å²) in [6.45, 7) is 3.73. The number of carbonyl (C=O) groups excluding carboxylic acids is 1. The van der Waals surface area contributed by atoms with Crippen molar-refractivity contribution in [3.8, 4) is 11.6 Å². The highest BCUT2D eigenvalue weighted by molar-refractivity contribution is 5.75. The number of rotatable bonds is 6. The van der Waals surface area contributed by atoms with Crippen molar-refractivity contribution in [2.45, 2.75) is 50.5 Å². The maximum Gasteiger partial charge on any atom is 0.453 e. The normalized spacial score (nSPS) is 23.6. The number of hydrogen-bond donors (Lipinski definition) is 0. The van der Waals surface area contributed by atoms with Crippen molar-refractivity contribution in [2.24, 2.45) is 5.92 Å². The molecule has 2 aromatic heterocycles. The maximum absolute atomic E-state index is 13.6. The topological polar surface area (TPSA) is 92.0 Å². The summed E-state index contributed by atoms with van der Waals surface area (Å²) in [6, 6.07) is 7.45. The summed E-state index contributed by atoms with van der Waals surface area (Å²) >= 11 is 0. The fraction of sp³-hybridized carbons (Fsp3) is 0.400. The van der Waals surface area contributed by atoms with E-state index in [1.807, 2.05) is 6.08 Å². The van der Waals surface area contributed by atoms with Crippen LogP contribution in [0.2, 0.25) is 0 Å². The number of aromatic nitrogens is 5. The van der Waals surface area contributed by atoms with Crippen LogP contribution in [0.5, 0.6) is 5.88 Å². The smallest absolute Gasteiger partial charge is 0.453 e. The molecule has 1 aromatic carbocycles. The fourth-order valence-corrected chi connectivity index (χ4v) is 5.13. The van der Waals surface area contributed by atoms with Crippen molar-refractivity contribution in [2.75, 3.05) is 6.61 Å². The Labute approximate surface area is 209 Å². The molecule has 5 rings (SSSR count). The molecule has 0 saturated heterocycles. The second kappa shape index (κ2) is 9.33. The van der Waals surface area contributed by atoms with Gasteiger partial charge in [-0.1, -0.05) is 12.1 Å². The summed E-state index contributed by atoms with van der Waals surface area (Å²) in [5.41, 5.74) is 0.986. The molecule has 2 aliphatic rings. The molecule has 37 heavy (non-hydrogen) atoms. The van der Waals surface area contributed by atoms with E-state index in [2.05, 4.69) is 20.5 Å². The lowest BCUT2D eigenvalue weighted by Gasteiger charge is -2.31. The van der Waals surface area contributed by atoms with Gasteiger partial charge in [-0.3, -0.25) is 0 Å². The van der Waals surface area contributed by atoms with Gasteiger partial charge in [0.1, 0.15) is 12.1 Å². The van der Waals surface area contributed by atoms with Crippen LogP contribution < -0.4 is 4.74 Å². The molecule has 8 nitrogen and oxygen atoms in total. The Morgan fingerprint density at radius 3 is 2.68 bits per heavy atom. The molecule has 0 radical (unpaired) electrons. The number of tetrazole rings is 1. The van der Waals surface area contributed by atoms with Gasteiger partial charge in [0, 0.05) is 17.4 Å². The first-order valence-corrected chi connectivity index (χ1v) is 11.7. The first-order chi connectivity index (χ1) is 17.6. The Hall–Kier alpha value is -3.67. The monoisotopic (exact) mass is 517 g/mol. The zero-order valence-corrected chi connectivity index (χ0v) is 19.9. The van der Waals surface area contributed by atoms with E-state index in [-0.39, 0.29) is 41.9 Å². The van der Waals surface area contributed by atoms with Crippen molar-refractivity contribution >= 4 is 11.9 Å². The molecule has 1 fully saturated rings. The van der Waals surface area contributed by atoms with Gasteiger partial charge in [-0.15, -0.1) is 5.10 Å². The van der Waals surface area contributed by atoms with E-state index in [9.17, 15) is 22.4 Å². The van der Waals surface area contributed by atoms with Crippen LogP contribution in [0.4, 0.5) is 17.6 Å². The standard InChI is InChI=1S/C25H23F4N5O3/c1-14(2)37-22-20(9-19(11-30-22)34-23(25(27,28)29)31-32-33-34)17-10-24(36-13-17)8-7-16(12-35)21(24)15-3-5-18(26)6-4-15/h3-6,9-12,14,16,21H,7-8,13H2,1-2H3/t16-,21-,24-/m1/s1. The van der Waals surface area contributed by atoms with Gasteiger partial charge >= 0.3 is 6.18 Å². The number of benzene rings is 1. The molecular formula is C25H23F4N5O3. The van der Waals surface area contributed by atoms with Crippen LogP contribution in [0.3, 0.4) is 0 Å². The Bertz CT molecular complexity index is 1340. The number of carbonyl (C=O) groups is 1. The Kier molecular flexibility index (Phi) is 6.30. The summed E-state index contributed by atoms with van der Waals surface area (Å²) in [5, 5.41) is 9.78. The van der Waals surface area contributed by atoms with E-state index in [0.717, 1.165) is 11.8 Å². The lowest BCUT2D eigenvalue weighted by atomic mass is 9.80. The van der Waals surface area contributed by atoms with Crippen LogP contribution in [0.15, 0.2) is 42.6 Å². The van der Waals surface area contributed by atoms with E-state index in [4.69, 9.17) is 9.47 Å². The number of hydrogen-bond acceptors (Lipinski definition) is 7. The zero-order valence-electron chi connectivity index (χ0n) is 19.9. The highest BCUT2D eigenvalue weighted by Gasteiger charge is 2.51. The van der Waals surface area contributed by atoms with E-state index in [1.165, 1.54) is 24.4 Å². The quantitative estimate of drug-likeness (QED) is 0.350. The van der Waals surface area contributed by atoms with Gasteiger partial charge in [-0.2, -0.15) is 17.9 Å². The minimum absolute atomic E-state index is 0.00226. The van der Waals surface area contributed by atoms with Crippen LogP contribution >= 0.6 is 0 Å². The summed E-state index contributed by atoms with van der Waals surface area (Å²) in [5.74, 6) is -2.15. The molecule has 3 heterocycles. The predicted molar refractivity (Wildman–Crippen MR) is 122 cm³/mol. The van der Waals surface area contributed by atoms with Gasteiger partial charge in [0.2, 0.25) is 5.88 Å². The van der Waals surface area contributed by atoms with E-state index in [0.29, 0.717) is 28.7 Å². The van der Waals surface area contributed by atoms with Crippen LogP contribution in [-0.4, -0.2) is 49.8 Å². The number of ether oxygens (including phenoxy) is 2. The summed E-state index contributed by atoms with van der Waals surface area (Å²) in [7, 11) is 0. The second-order valence-corrected chi connectivity index (χ2v) is 9.41. The summed E-state index contributed by atoms with van der Waals surface area (Å²) < 4.78 is 66.6. The minimum atomic E-state index is -4.77. The van der Waals surface area contributed by atoms with Crippen molar-refractivity contribution in [3.05, 3.63) is 65.4 Å². The van der Waals surface area contributed by atoms with Crippen molar-refractivity contribution in [1.29, 1.82) is 0 Å². The van der Waals surface area contributed by atoms with Gasteiger partial charge in [-0.05, 0) is 72.5 Å². The molecule has 1 aliphatic heterocycles. The molecule has 0 bridgehead atoms. The number of alkyl halides is 3. The van der Waals surface area contributed by atoms with E-state index < -0.39 is 17.6 Å². The number of pyridine rings is 1. The molecule has 0 unspecified atom stereocenters. The fourth-order valence-electron chi connectivity index (χ4n) is 5.13. The average Bonchev–Trinajstić information content (AvgIpc) is 3.59. The SMILES string of the molecule is CC(C)Oc1ncc(-n2nnnc2C(F)(F)F)cc1C1=C[C@@]2(CC[C@H](C=O)[C@H]2c2ccc(F)cc2)OC1. The third kappa shape index (κ3) is 4.61. The van der Waals surface area contributed by atoms with Crippen molar-refractivity contribution in [1.82, 2.24) is 25.2 Å². The third-order valence-electron chi connectivity index (χ3n) is 6.64. The molecule has 194 valence electrons. The second-order valence-electron chi connectivity index (χ2n) is 9.41. The average molecular weight is 517 g/mol. The highest BCUT2D eigenvalue weighted by atomic mass is 19.4. The van der Waals surface area contributed by atoms with Crippen LogP contribution in [0, 0.1) is 11.7 Å². The highest BCUT2D eigenvalue weighted by Crippen LogP contribution is 2.53. The molecule has 12 heteroatoms. The van der Waals surface area contributed by atoms with E-state index >= 15 is 0 Å². The van der Waals surface area contributed by atoms with Gasteiger partial charge in [0.15, 0.2) is 0 Å². The molecule has 0 N–H and O–H groups in total. The molecule has 3 aromatic rings. The zero-order chi connectivity index (χ0) is 26.4. The molecule has 1 aliphatic carbocycles. The van der Waals surface area contributed by atoms with E-state index in [1.54, 1.807) is 26.0 Å². The van der Waals surface area contributed by atoms with Crippen LogP contribution in [0.25, 0.3) is 11.3 Å². The number of aldehydes is 1. The molecule has 1 saturated carbocycles. The minimum Gasteiger partial charge on any atom is -0.475 e. The summed E-state index contributed by atoms with van der Waals surface area (Å²) in [6.07, 6.45) is 0.0753. The summed E-state index contributed by atoms with van der Waals surface area (Å²) in [4.78, 5) is 16.2. The molecule has 0 amide bonds. The Balaban J connectivity index is 1.60. The molecule has 1 spiro atoms. The van der Waals surface area contributed by atoms with Gasteiger partial charge in [0.25, 0.3) is 5.82 Å². The predicted octanol–water partition coefficient (Wildman–Crippen LogP) is 4.55. The van der Waals surface area contributed by atoms with Crippen molar-refractivity contribution < 1.29 is 31.8 Å². The van der Waals surface area contributed by atoms with Gasteiger partial charge in [0.05, 0.1) is 30.2 Å². The lowest BCUT2D eigenvalue weighted by molar-refractivity contribution is -0.146. The molecule has 3 atom stereocenters. The Morgan fingerprint density at radius 1 is 1.24 bits per heavy atom. The maximum atomic E-state index is 13.6. The van der Waals surface area contributed by atoms with Crippen LogP contribution in [-0.2, 0) is 15.7 Å². The molecular weight excluding hydrogens is 494 g/mol. The van der Waals surface area contributed by atoms with Gasteiger partial charge < -0.3 is 14.3 Å². The Morgan fingerprint density at radius 2 is 2.00 bits per heavy atom. The first-order valence-electron chi connectivity index (χ1n) is 11.7. The van der Waals surface area contributed by atoms with Crippen molar-refractivity contribution in [3.63, 3.8) is 0 Å². The van der Waals surface area contributed by atoms with Crippen LogP contribution in [0.1, 0.15) is 49.6 Å². The lowest BCUT2D eigenvalue weighted by Crippen LogP contribution is -2.32.